The number of fused-ring (bicyclic) bond motifs is 9. The van der Waals surface area contributed by atoms with Gasteiger partial charge in [0.15, 0.2) is 0 Å². The smallest absolute Gasteiger partial charge is 0.143 e. The van der Waals surface area contributed by atoms with Crippen LogP contribution in [0.5, 0.6) is 0 Å². The number of nitrogens with zero attached hydrogens (tertiary/aromatic N) is 1. The molecule has 0 saturated carbocycles. The maximum absolute atomic E-state index is 7.00. The number of hydrogen-bond donors (Lipinski definition) is 0. The van der Waals surface area contributed by atoms with E-state index in [1.807, 2.05) is 0 Å². The van der Waals surface area contributed by atoms with E-state index in [1.165, 1.54) is 55.6 Å². The van der Waals surface area contributed by atoms with Gasteiger partial charge in [0.05, 0.1) is 5.69 Å². The van der Waals surface area contributed by atoms with Gasteiger partial charge in [0.1, 0.15) is 11.2 Å². The fourth-order valence-electron chi connectivity index (χ4n) is 10.1. The van der Waals surface area contributed by atoms with E-state index < -0.39 is 0 Å². The standard InChI is InChI=1S/C56H53NO/c1-53(2,3)34-25-28-38-40-30-27-36(33-49(40)56(9,10)47(38)31-34)57(35-26-29-39-37-17-11-13-22-45(37)55(7,8)48(39)32-35)50-24-14-12-18-41(50)42-19-15-20-43-44-21-16-23-46(54(4,5)6)52(44)58-51(42)43/h11-33H,1-10H3. The van der Waals surface area contributed by atoms with Crippen molar-refractivity contribution in [3.05, 3.63) is 173 Å². The van der Waals surface area contributed by atoms with Crippen LogP contribution in [0, 0.1) is 0 Å². The zero-order chi connectivity index (χ0) is 40.5. The van der Waals surface area contributed by atoms with Crippen LogP contribution in [0.3, 0.4) is 0 Å². The van der Waals surface area contributed by atoms with Gasteiger partial charge in [-0.1, -0.05) is 178 Å². The van der Waals surface area contributed by atoms with Crippen LogP contribution < -0.4 is 4.90 Å². The van der Waals surface area contributed by atoms with E-state index in [-0.39, 0.29) is 21.7 Å². The second kappa shape index (κ2) is 12.3. The Kier molecular flexibility index (Phi) is 7.75. The molecule has 2 aliphatic rings. The molecule has 0 saturated heterocycles. The summed E-state index contributed by atoms with van der Waals surface area (Å²) in [6.07, 6.45) is 0. The molecule has 0 fully saturated rings. The van der Waals surface area contributed by atoms with Gasteiger partial charge in [-0.15, -0.1) is 0 Å². The minimum atomic E-state index is -0.167. The fourth-order valence-corrected chi connectivity index (χ4v) is 10.1. The maximum atomic E-state index is 7.00. The molecule has 0 atom stereocenters. The molecule has 0 bridgehead atoms. The van der Waals surface area contributed by atoms with Crippen molar-refractivity contribution < 1.29 is 4.42 Å². The normalized spacial score (nSPS) is 15.0. The molecule has 0 amide bonds. The van der Waals surface area contributed by atoms with Crippen LogP contribution in [-0.2, 0) is 21.7 Å². The molecule has 288 valence electrons. The fraction of sp³-hybridized carbons (Fsp3) is 0.250. The van der Waals surface area contributed by atoms with Crippen molar-refractivity contribution in [3.63, 3.8) is 0 Å². The molecule has 2 nitrogen and oxygen atoms in total. The quantitative estimate of drug-likeness (QED) is 0.178. The van der Waals surface area contributed by atoms with Crippen molar-refractivity contribution in [3.8, 4) is 33.4 Å². The molecule has 1 aromatic heterocycles. The molecule has 0 spiro atoms. The van der Waals surface area contributed by atoms with Crippen LogP contribution in [-0.4, -0.2) is 0 Å². The van der Waals surface area contributed by atoms with Crippen LogP contribution in [0.2, 0.25) is 0 Å². The summed E-state index contributed by atoms with van der Waals surface area (Å²) in [5, 5.41) is 2.30. The van der Waals surface area contributed by atoms with Gasteiger partial charge in [0.25, 0.3) is 0 Å². The molecule has 0 N–H and O–H groups in total. The van der Waals surface area contributed by atoms with Gasteiger partial charge in [-0.2, -0.15) is 0 Å². The lowest BCUT2D eigenvalue weighted by Gasteiger charge is -2.31. The van der Waals surface area contributed by atoms with E-state index in [2.05, 4.69) is 214 Å². The number of furan rings is 1. The molecular formula is C56H53NO. The van der Waals surface area contributed by atoms with E-state index in [9.17, 15) is 0 Å². The van der Waals surface area contributed by atoms with Gasteiger partial charge in [0.2, 0.25) is 0 Å². The van der Waals surface area contributed by atoms with Crippen molar-refractivity contribution in [2.45, 2.75) is 90.9 Å². The molecule has 7 aromatic carbocycles. The summed E-state index contributed by atoms with van der Waals surface area (Å²) < 4.78 is 7.00. The predicted molar refractivity (Wildman–Crippen MR) is 246 cm³/mol. The number of para-hydroxylation sites is 3. The Labute approximate surface area is 344 Å². The zero-order valence-corrected chi connectivity index (χ0v) is 35.6. The molecular weight excluding hydrogens is 703 g/mol. The molecule has 1 heterocycles. The van der Waals surface area contributed by atoms with Crippen molar-refractivity contribution >= 4 is 39.0 Å². The van der Waals surface area contributed by atoms with E-state index >= 15 is 0 Å². The van der Waals surface area contributed by atoms with Gasteiger partial charge in [0, 0.05) is 49.7 Å². The van der Waals surface area contributed by atoms with Crippen LogP contribution in [0.1, 0.15) is 103 Å². The average Bonchev–Trinajstić information content (AvgIpc) is 3.77. The van der Waals surface area contributed by atoms with Crippen LogP contribution >= 0.6 is 0 Å². The van der Waals surface area contributed by atoms with Crippen molar-refractivity contribution in [1.29, 1.82) is 0 Å². The molecule has 2 aliphatic carbocycles. The van der Waals surface area contributed by atoms with Gasteiger partial charge >= 0.3 is 0 Å². The third-order valence-electron chi connectivity index (χ3n) is 13.4. The predicted octanol–water partition coefficient (Wildman–Crippen LogP) is 15.9. The van der Waals surface area contributed by atoms with Gasteiger partial charge < -0.3 is 9.32 Å². The van der Waals surface area contributed by atoms with Gasteiger partial charge in [-0.25, -0.2) is 0 Å². The largest absolute Gasteiger partial charge is 0.455 e. The Bertz CT molecular complexity index is 2970. The Morgan fingerprint density at radius 2 is 0.914 bits per heavy atom. The van der Waals surface area contributed by atoms with Gasteiger partial charge in [-0.05, 0) is 91.2 Å². The number of rotatable bonds is 4. The van der Waals surface area contributed by atoms with E-state index in [0.717, 1.165) is 50.1 Å². The monoisotopic (exact) mass is 755 g/mol. The lowest BCUT2D eigenvalue weighted by molar-refractivity contribution is 0.573. The number of anilines is 3. The second-order valence-electron chi connectivity index (χ2n) is 19.8. The Morgan fingerprint density at radius 1 is 0.414 bits per heavy atom. The lowest BCUT2D eigenvalue weighted by Crippen LogP contribution is -2.19. The maximum Gasteiger partial charge on any atom is 0.143 e. The summed E-state index contributed by atoms with van der Waals surface area (Å²) in [6, 6.07) is 52.5. The summed E-state index contributed by atoms with van der Waals surface area (Å²) in [7, 11) is 0. The molecule has 0 unspecified atom stereocenters. The summed E-state index contributed by atoms with van der Waals surface area (Å²) in [6.45, 7) is 23.3. The average molecular weight is 756 g/mol. The minimum Gasteiger partial charge on any atom is -0.455 e. The first-order valence-electron chi connectivity index (χ1n) is 20.9. The highest BCUT2D eigenvalue weighted by atomic mass is 16.3. The van der Waals surface area contributed by atoms with E-state index in [1.54, 1.807) is 0 Å². The zero-order valence-electron chi connectivity index (χ0n) is 35.6. The summed E-state index contributed by atoms with van der Waals surface area (Å²) in [5.41, 5.74) is 20.6. The Hall–Kier alpha value is -5.86. The van der Waals surface area contributed by atoms with Crippen molar-refractivity contribution in [2.24, 2.45) is 0 Å². The van der Waals surface area contributed by atoms with Crippen molar-refractivity contribution in [1.82, 2.24) is 0 Å². The molecule has 0 aliphatic heterocycles. The first-order valence-corrected chi connectivity index (χ1v) is 20.9. The molecule has 8 aromatic rings. The van der Waals surface area contributed by atoms with E-state index in [0.29, 0.717) is 0 Å². The summed E-state index contributed by atoms with van der Waals surface area (Å²) in [5.74, 6) is 0. The summed E-state index contributed by atoms with van der Waals surface area (Å²) in [4.78, 5) is 2.50. The Balaban J connectivity index is 1.21. The second-order valence-corrected chi connectivity index (χ2v) is 19.8. The molecule has 58 heavy (non-hydrogen) atoms. The third-order valence-corrected chi connectivity index (χ3v) is 13.4. The lowest BCUT2D eigenvalue weighted by atomic mass is 9.79. The van der Waals surface area contributed by atoms with Crippen molar-refractivity contribution in [2.75, 3.05) is 4.90 Å². The van der Waals surface area contributed by atoms with E-state index in [4.69, 9.17) is 4.42 Å². The van der Waals surface area contributed by atoms with Crippen LogP contribution in [0.25, 0.3) is 55.3 Å². The Morgan fingerprint density at radius 3 is 1.55 bits per heavy atom. The molecule has 2 heteroatoms. The summed E-state index contributed by atoms with van der Waals surface area (Å²) >= 11 is 0. The first-order chi connectivity index (χ1) is 27.5. The highest BCUT2D eigenvalue weighted by molar-refractivity contribution is 6.11. The molecule has 10 rings (SSSR count). The van der Waals surface area contributed by atoms with Crippen LogP contribution in [0.4, 0.5) is 17.1 Å². The highest BCUT2D eigenvalue weighted by Gasteiger charge is 2.39. The topological polar surface area (TPSA) is 16.4 Å². The third kappa shape index (κ3) is 5.30. The minimum absolute atomic E-state index is 0.0570. The first kappa shape index (κ1) is 36.5. The van der Waals surface area contributed by atoms with Crippen LogP contribution in [0.15, 0.2) is 144 Å². The SMILES string of the molecule is CC(C)(C)c1ccc2c(c1)C(C)(C)c1cc(N(c3ccc4c(c3)C(C)(C)c3ccccc3-4)c3ccccc3-c3cccc4c3oc3c(C(C)(C)C)cccc34)ccc1-2. The number of benzene rings is 7. The molecule has 0 radical (unpaired) electrons. The highest BCUT2D eigenvalue weighted by Crippen LogP contribution is 2.54. The number of hydrogen-bond acceptors (Lipinski definition) is 2. The van der Waals surface area contributed by atoms with Gasteiger partial charge in [-0.3, -0.25) is 0 Å².